The normalized spacial score (nSPS) is 22.4. The summed E-state index contributed by atoms with van der Waals surface area (Å²) in [6.45, 7) is 5.82. The van der Waals surface area contributed by atoms with Crippen molar-refractivity contribution in [2.45, 2.75) is 6.54 Å². The number of hydrogen-bond donors (Lipinski definition) is 2. The monoisotopic (exact) mass is 282 g/mol. The smallest absolute Gasteiger partial charge is 0.164 e. The van der Waals surface area contributed by atoms with Crippen molar-refractivity contribution in [2.75, 3.05) is 54.6 Å². The Morgan fingerprint density at radius 2 is 1.40 bits per heavy atom. The van der Waals surface area contributed by atoms with Gasteiger partial charge in [-0.25, -0.2) is 0 Å². The molecule has 2 N–H and O–H groups in total. The van der Waals surface area contributed by atoms with Gasteiger partial charge in [0.15, 0.2) is 11.5 Å². The van der Waals surface area contributed by atoms with Crippen LogP contribution in [-0.2, 0) is 6.54 Å². The highest BCUT2D eigenvalue weighted by molar-refractivity contribution is 5.50. The van der Waals surface area contributed by atoms with Gasteiger partial charge >= 0.3 is 0 Å². The fourth-order valence-electron chi connectivity index (χ4n) is 2.71. The fourth-order valence-corrected chi connectivity index (χ4v) is 2.71. The van der Waals surface area contributed by atoms with Gasteiger partial charge in [-0.05, 0) is 6.07 Å². The molecule has 0 aromatic heterocycles. The van der Waals surface area contributed by atoms with Crippen LogP contribution in [0, 0.1) is 0 Å². The van der Waals surface area contributed by atoms with E-state index in [1.165, 1.54) is 31.7 Å². The average molecular weight is 282 g/mol. The summed E-state index contributed by atoms with van der Waals surface area (Å²) < 4.78 is 16.2. The van der Waals surface area contributed by atoms with Gasteiger partial charge in [0.1, 0.15) is 38.5 Å². The Morgan fingerprint density at radius 1 is 0.850 bits per heavy atom. The minimum atomic E-state index is 0.714. The van der Waals surface area contributed by atoms with Crippen LogP contribution in [0.15, 0.2) is 12.1 Å². The van der Waals surface area contributed by atoms with Crippen molar-refractivity contribution in [3.63, 3.8) is 0 Å². The van der Waals surface area contributed by atoms with E-state index in [-0.39, 0.29) is 0 Å². The van der Waals surface area contributed by atoms with Crippen LogP contribution in [0.1, 0.15) is 5.56 Å². The summed E-state index contributed by atoms with van der Waals surface area (Å²) in [5.41, 5.74) is 1.18. The lowest BCUT2D eigenvalue weighted by molar-refractivity contribution is -1.01. The number of rotatable bonds is 5. The molecule has 1 heterocycles. The van der Waals surface area contributed by atoms with Gasteiger partial charge < -0.3 is 24.0 Å². The highest BCUT2D eigenvalue weighted by Gasteiger charge is 2.22. The van der Waals surface area contributed by atoms with Gasteiger partial charge in [-0.1, -0.05) is 0 Å². The van der Waals surface area contributed by atoms with Crippen molar-refractivity contribution in [3.05, 3.63) is 17.7 Å². The highest BCUT2D eigenvalue weighted by Crippen LogP contribution is 2.34. The second kappa shape index (κ2) is 6.81. The van der Waals surface area contributed by atoms with Crippen molar-refractivity contribution in [3.8, 4) is 17.2 Å². The van der Waals surface area contributed by atoms with Crippen LogP contribution in [0.4, 0.5) is 0 Å². The maximum Gasteiger partial charge on any atom is 0.164 e. The predicted octanol–water partition coefficient (Wildman–Crippen LogP) is -1.37. The molecule has 20 heavy (non-hydrogen) atoms. The average Bonchev–Trinajstić information content (AvgIpc) is 2.49. The highest BCUT2D eigenvalue weighted by atomic mass is 16.5. The molecular weight excluding hydrogens is 256 g/mol. The Hall–Kier alpha value is -1.46. The Balaban J connectivity index is 2.17. The molecule has 0 spiro atoms. The van der Waals surface area contributed by atoms with Crippen LogP contribution < -0.4 is 24.0 Å². The molecule has 0 unspecified atom stereocenters. The zero-order valence-electron chi connectivity index (χ0n) is 12.9. The van der Waals surface area contributed by atoms with Crippen LogP contribution in [-0.4, -0.2) is 54.6 Å². The molecule has 1 saturated heterocycles. The third kappa shape index (κ3) is 3.35. The third-order valence-corrected chi connectivity index (χ3v) is 4.04. The largest absolute Gasteiger partial charge is 0.496 e. The first-order valence-corrected chi connectivity index (χ1v) is 7.11. The van der Waals surface area contributed by atoms with E-state index in [1.54, 1.807) is 31.1 Å². The van der Waals surface area contributed by atoms with Gasteiger partial charge in [0.05, 0.1) is 33.9 Å². The number of nitrogens with one attached hydrogen (secondary N) is 2. The van der Waals surface area contributed by atoms with Crippen molar-refractivity contribution in [2.24, 2.45) is 0 Å². The summed E-state index contributed by atoms with van der Waals surface area (Å²) in [5, 5.41) is 0. The standard InChI is InChI=1S/C15H24N2O3/c1-16-5-7-17(8-6-16)11-12-9-14(19-3)15(20-4)10-13(12)18-2/h9-10H,5-8,11H2,1-4H3/p+2. The minimum Gasteiger partial charge on any atom is -0.496 e. The molecule has 0 radical (unpaired) electrons. The van der Waals surface area contributed by atoms with Crippen LogP contribution in [0.2, 0.25) is 0 Å². The molecule has 1 aliphatic rings. The Kier molecular flexibility index (Phi) is 5.09. The van der Waals surface area contributed by atoms with E-state index in [2.05, 4.69) is 7.05 Å². The number of piperazine rings is 1. The zero-order valence-corrected chi connectivity index (χ0v) is 12.9. The summed E-state index contributed by atoms with van der Waals surface area (Å²) in [4.78, 5) is 3.22. The Bertz CT molecular complexity index is 443. The first-order chi connectivity index (χ1) is 9.67. The van der Waals surface area contributed by atoms with Crippen LogP contribution in [0.25, 0.3) is 0 Å². The molecule has 5 heteroatoms. The number of hydrogen-bond acceptors (Lipinski definition) is 3. The molecule has 1 fully saturated rings. The van der Waals surface area contributed by atoms with Gasteiger partial charge in [0.2, 0.25) is 0 Å². The summed E-state index contributed by atoms with van der Waals surface area (Å²) >= 11 is 0. The first kappa shape index (κ1) is 14.9. The molecule has 0 atom stereocenters. The lowest BCUT2D eigenvalue weighted by Crippen LogP contribution is -3.26. The van der Waals surface area contributed by atoms with E-state index in [0.29, 0.717) is 5.75 Å². The van der Waals surface area contributed by atoms with Crippen LogP contribution in [0.5, 0.6) is 17.2 Å². The van der Waals surface area contributed by atoms with Gasteiger partial charge in [-0.2, -0.15) is 0 Å². The summed E-state index contributed by atoms with van der Waals surface area (Å²) in [5.74, 6) is 2.36. The number of likely N-dealkylation sites (N-methyl/N-ethyl adjacent to an activating group) is 1. The van der Waals surface area contributed by atoms with E-state index in [4.69, 9.17) is 14.2 Å². The quantitative estimate of drug-likeness (QED) is 0.699. The van der Waals surface area contributed by atoms with Crippen molar-refractivity contribution in [1.82, 2.24) is 0 Å². The van der Waals surface area contributed by atoms with Crippen LogP contribution in [0.3, 0.4) is 0 Å². The van der Waals surface area contributed by atoms with Crippen LogP contribution >= 0.6 is 0 Å². The minimum absolute atomic E-state index is 0.714. The molecule has 5 nitrogen and oxygen atoms in total. The number of benzene rings is 1. The SMILES string of the molecule is COc1cc(OC)c(OC)cc1C[NH+]1CC[NH+](C)CC1. The number of ether oxygens (including phenoxy) is 3. The van der Waals surface area contributed by atoms with Gasteiger partial charge in [-0.3, -0.25) is 0 Å². The molecule has 1 aromatic rings. The molecule has 0 amide bonds. The maximum absolute atomic E-state index is 5.50. The number of methoxy groups -OCH3 is 3. The van der Waals surface area contributed by atoms with E-state index in [1.807, 2.05) is 12.1 Å². The van der Waals surface area contributed by atoms with Gasteiger partial charge in [0.25, 0.3) is 0 Å². The third-order valence-electron chi connectivity index (χ3n) is 4.04. The fraction of sp³-hybridized carbons (Fsp3) is 0.600. The topological polar surface area (TPSA) is 36.6 Å². The van der Waals surface area contributed by atoms with E-state index < -0.39 is 0 Å². The predicted molar refractivity (Wildman–Crippen MR) is 77.1 cm³/mol. The maximum atomic E-state index is 5.50. The lowest BCUT2D eigenvalue weighted by Gasteiger charge is -2.27. The molecule has 1 aliphatic heterocycles. The van der Waals surface area contributed by atoms with Crippen molar-refractivity contribution in [1.29, 1.82) is 0 Å². The van der Waals surface area contributed by atoms with E-state index in [9.17, 15) is 0 Å². The molecule has 0 saturated carbocycles. The molecule has 0 bridgehead atoms. The van der Waals surface area contributed by atoms with E-state index in [0.717, 1.165) is 18.0 Å². The van der Waals surface area contributed by atoms with Gasteiger partial charge in [0, 0.05) is 6.07 Å². The summed E-state index contributed by atoms with van der Waals surface area (Å²) in [7, 11) is 7.27. The lowest BCUT2D eigenvalue weighted by atomic mass is 10.1. The first-order valence-electron chi connectivity index (χ1n) is 7.11. The summed E-state index contributed by atoms with van der Waals surface area (Å²) in [6, 6.07) is 3.95. The van der Waals surface area contributed by atoms with Gasteiger partial charge in [-0.15, -0.1) is 0 Å². The molecule has 1 aromatic carbocycles. The summed E-state index contributed by atoms with van der Waals surface area (Å²) in [6.07, 6.45) is 0. The number of quaternary nitrogens is 2. The Labute approximate surface area is 121 Å². The second-order valence-corrected chi connectivity index (χ2v) is 5.40. The molecule has 0 aliphatic carbocycles. The molecule has 2 rings (SSSR count). The van der Waals surface area contributed by atoms with Crippen molar-refractivity contribution < 1.29 is 24.0 Å². The van der Waals surface area contributed by atoms with E-state index >= 15 is 0 Å². The Morgan fingerprint density at radius 3 is 1.95 bits per heavy atom. The molecular formula is C15H26N2O3+2. The van der Waals surface area contributed by atoms with Crippen molar-refractivity contribution >= 4 is 0 Å². The second-order valence-electron chi connectivity index (χ2n) is 5.40. The molecule has 112 valence electrons. The zero-order chi connectivity index (χ0) is 14.5.